The maximum atomic E-state index is 9.44. The van der Waals surface area contributed by atoms with Crippen LogP contribution < -0.4 is 4.74 Å². The average Bonchev–Trinajstić information content (AvgIpc) is 2.19. The summed E-state index contributed by atoms with van der Waals surface area (Å²) in [4.78, 5) is 0. The van der Waals surface area contributed by atoms with Crippen LogP contribution in [0, 0.1) is 6.92 Å². The van der Waals surface area contributed by atoms with Crippen LogP contribution in [0.15, 0.2) is 29.8 Å². The number of ether oxygens (including phenoxy) is 1. The number of aryl methyl sites for hydroxylation is 1. The maximum Gasteiger partial charge on any atom is 0.122 e. The summed E-state index contributed by atoms with van der Waals surface area (Å²) >= 11 is 0. The first-order valence-electron chi connectivity index (χ1n) is 5.55. The Morgan fingerprint density at radius 1 is 1.44 bits per heavy atom. The number of benzene rings is 1. The van der Waals surface area contributed by atoms with E-state index < -0.39 is 6.10 Å². The van der Waals surface area contributed by atoms with Crippen molar-refractivity contribution in [1.82, 2.24) is 0 Å². The van der Waals surface area contributed by atoms with Gasteiger partial charge in [0.2, 0.25) is 0 Å². The molecule has 0 amide bonds. The Hall–Kier alpha value is -1.28. The minimum Gasteiger partial charge on any atom is -0.489 e. The molecular formula is C14H20O2. The molecule has 1 aromatic rings. The molecule has 0 heterocycles. The van der Waals surface area contributed by atoms with Crippen molar-refractivity contribution in [3.8, 4) is 5.75 Å². The molecule has 0 saturated heterocycles. The van der Waals surface area contributed by atoms with Crippen molar-refractivity contribution < 1.29 is 9.84 Å². The smallest absolute Gasteiger partial charge is 0.122 e. The van der Waals surface area contributed by atoms with Gasteiger partial charge in [0.05, 0.1) is 6.10 Å². The van der Waals surface area contributed by atoms with Gasteiger partial charge in [0.25, 0.3) is 0 Å². The number of aliphatic hydroxyl groups excluding tert-OH is 1. The fourth-order valence-corrected chi connectivity index (χ4v) is 1.39. The van der Waals surface area contributed by atoms with Crippen LogP contribution in [0.25, 0.3) is 0 Å². The van der Waals surface area contributed by atoms with Gasteiger partial charge in [-0.05, 0) is 57.0 Å². The van der Waals surface area contributed by atoms with Gasteiger partial charge in [0.15, 0.2) is 0 Å². The summed E-state index contributed by atoms with van der Waals surface area (Å²) in [5.41, 5.74) is 3.23. The molecule has 0 aliphatic heterocycles. The molecule has 0 aliphatic carbocycles. The summed E-state index contributed by atoms with van der Waals surface area (Å²) < 4.78 is 5.62. The zero-order valence-electron chi connectivity index (χ0n) is 10.4. The van der Waals surface area contributed by atoms with Gasteiger partial charge in [-0.1, -0.05) is 11.6 Å². The summed E-state index contributed by atoms with van der Waals surface area (Å²) in [6.07, 6.45) is 1.62. The van der Waals surface area contributed by atoms with Crippen LogP contribution in [-0.2, 0) is 0 Å². The van der Waals surface area contributed by atoms with Gasteiger partial charge in [-0.25, -0.2) is 0 Å². The molecule has 1 rings (SSSR count). The maximum absolute atomic E-state index is 9.44. The van der Waals surface area contributed by atoms with Crippen LogP contribution in [0.5, 0.6) is 5.75 Å². The number of allylic oxidation sites excluding steroid dienone is 1. The Kier molecular flexibility index (Phi) is 4.56. The number of hydrogen-bond donors (Lipinski definition) is 1. The molecule has 0 aliphatic rings. The Morgan fingerprint density at radius 3 is 2.62 bits per heavy atom. The Labute approximate surface area is 97.6 Å². The van der Waals surface area contributed by atoms with Gasteiger partial charge < -0.3 is 9.84 Å². The quantitative estimate of drug-likeness (QED) is 0.788. The minimum atomic E-state index is -0.425. The van der Waals surface area contributed by atoms with Crippen molar-refractivity contribution in [2.75, 3.05) is 6.61 Å². The van der Waals surface area contributed by atoms with Crippen LogP contribution in [0.2, 0.25) is 0 Å². The van der Waals surface area contributed by atoms with E-state index in [2.05, 4.69) is 0 Å². The summed E-state index contributed by atoms with van der Waals surface area (Å²) in [7, 11) is 0. The van der Waals surface area contributed by atoms with E-state index in [0.717, 1.165) is 16.9 Å². The summed E-state index contributed by atoms with van der Waals surface area (Å²) in [6.45, 7) is 8.44. The highest BCUT2D eigenvalue weighted by molar-refractivity contribution is 5.37. The van der Waals surface area contributed by atoms with Crippen molar-refractivity contribution in [2.24, 2.45) is 0 Å². The third-order valence-corrected chi connectivity index (χ3v) is 2.41. The lowest BCUT2D eigenvalue weighted by molar-refractivity contribution is 0.199. The predicted octanol–water partition coefficient (Wildman–Crippen LogP) is 3.39. The lowest BCUT2D eigenvalue weighted by Crippen LogP contribution is -1.98. The Bertz CT molecular complexity index is 374. The predicted molar refractivity (Wildman–Crippen MR) is 66.7 cm³/mol. The largest absolute Gasteiger partial charge is 0.489 e. The van der Waals surface area contributed by atoms with Gasteiger partial charge in [-0.15, -0.1) is 0 Å². The molecule has 0 spiro atoms. The monoisotopic (exact) mass is 220 g/mol. The van der Waals surface area contributed by atoms with Crippen LogP contribution in [0.3, 0.4) is 0 Å². The van der Waals surface area contributed by atoms with E-state index in [4.69, 9.17) is 4.74 Å². The normalized spacial score (nSPS) is 12.1. The fourth-order valence-electron chi connectivity index (χ4n) is 1.39. The highest BCUT2D eigenvalue weighted by Gasteiger charge is 2.04. The van der Waals surface area contributed by atoms with E-state index in [9.17, 15) is 5.11 Å². The summed E-state index contributed by atoms with van der Waals surface area (Å²) in [5, 5.41) is 9.44. The molecule has 2 heteroatoms. The van der Waals surface area contributed by atoms with Crippen LogP contribution in [0.1, 0.15) is 38.0 Å². The Balaban J connectivity index is 2.72. The lowest BCUT2D eigenvalue weighted by atomic mass is 10.1. The first-order valence-corrected chi connectivity index (χ1v) is 5.55. The molecule has 88 valence electrons. The molecule has 0 saturated carbocycles. The molecule has 16 heavy (non-hydrogen) atoms. The van der Waals surface area contributed by atoms with Crippen LogP contribution in [0.4, 0.5) is 0 Å². The molecule has 1 aromatic carbocycles. The first kappa shape index (κ1) is 12.8. The summed E-state index contributed by atoms with van der Waals surface area (Å²) in [6, 6.07) is 5.77. The van der Waals surface area contributed by atoms with Gasteiger partial charge >= 0.3 is 0 Å². The topological polar surface area (TPSA) is 29.5 Å². The standard InChI is InChI=1S/C14H20O2/c1-10(2)7-8-16-14-6-5-13(12(4)15)9-11(14)3/h5-7,9,12,15H,8H2,1-4H3/t12-/m0/s1. The van der Waals surface area contributed by atoms with Crippen molar-refractivity contribution in [3.63, 3.8) is 0 Å². The molecule has 1 N–H and O–H groups in total. The molecule has 0 radical (unpaired) electrons. The molecule has 0 fully saturated rings. The van der Waals surface area contributed by atoms with E-state index in [1.807, 2.05) is 45.0 Å². The van der Waals surface area contributed by atoms with Crippen molar-refractivity contribution in [2.45, 2.75) is 33.8 Å². The van der Waals surface area contributed by atoms with Gasteiger partial charge in [-0.3, -0.25) is 0 Å². The highest BCUT2D eigenvalue weighted by Crippen LogP contribution is 2.22. The SMILES string of the molecule is CC(C)=CCOc1ccc([C@H](C)O)cc1C. The minimum absolute atomic E-state index is 0.425. The zero-order valence-corrected chi connectivity index (χ0v) is 10.4. The molecule has 0 unspecified atom stereocenters. The van der Waals surface area contributed by atoms with Gasteiger partial charge in [0.1, 0.15) is 12.4 Å². The second kappa shape index (κ2) is 5.71. The molecule has 2 nitrogen and oxygen atoms in total. The number of hydrogen-bond acceptors (Lipinski definition) is 2. The van der Waals surface area contributed by atoms with Crippen molar-refractivity contribution in [3.05, 3.63) is 41.0 Å². The van der Waals surface area contributed by atoms with Gasteiger partial charge in [-0.2, -0.15) is 0 Å². The highest BCUT2D eigenvalue weighted by atomic mass is 16.5. The number of rotatable bonds is 4. The van der Waals surface area contributed by atoms with Gasteiger partial charge in [0, 0.05) is 0 Å². The van der Waals surface area contributed by atoms with Crippen LogP contribution >= 0.6 is 0 Å². The molecule has 0 bridgehead atoms. The third-order valence-electron chi connectivity index (χ3n) is 2.41. The molecule has 0 aromatic heterocycles. The third kappa shape index (κ3) is 3.70. The fraction of sp³-hybridized carbons (Fsp3) is 0.429. The second-order valence-corrected chi connectivity index (χ2v) is 4.29. The first-order chi connectivity index (χ1) is 7.50. The summed E-state index contributed by atoms with van der Waals surface area (Å²) in [5.74, 6) is 0.877. The average molecular weight is 220 g/mol. The van der Waals surface area contributed by atoms with E-state index in [0.29, 0.717) is 6.61 Å². The van der Waals surface area contributed by atoms with Crippen LogP contribution in [-0.4, -0.2) is 11.7 Å². The van der Waals surface area contributed by atoms with E-state index in [-0.39, 0.29) is 0 Å². The van der Waals surface area contributed by atoms with Crippen molar-refractivity contribution in [1.29, 1.82) is 0 Å². The van der Waals surface area contributed by atoms with Crippen molar-refractivity contribution >= 4 is 0 Å². The Morgan fingerprint density at radius 2 is 2.12 bits per heavy atom. The zero-order chi connectivity index (χ0) is 12.1. The van der Waals surface area contributed by atoms with E-state index >= 15 is 0 Å². The van der Waals surface area contributed by atoms with E-state index in [1.165, 1.54) is 5.57 Å². The molecule has 1 atom stereocenters. The number of aliphatic hydroxyl groups is 1. The lowest BCUT2D eigenvalue weighted by Gasteiger charge is -2.10. The van der Waals surface area contributed by atoms with E-state index in [1.54, 1.807) is 6.92 Å². The molecular weight excluding hydrogens is 200 g/mol. The second-order valence-electron chi connectivity index (χ2n) is 4.29.